The van der Waals surface area contributed by atoms with Crippen LogP contribution in [0.1, 0.15) is 72.6 Å². The second-order valence-corrected chi connectivity index (χ2v) is 7.29. The van der Waals surface area contributed by atoms with Crippen LogP contribution in [0.3, 0.4) is 0 Å². The van der Waals surface area contributed by atoms with Crippen LogP contribution in [0.4, 0.5) is 0 Å². The summed E-state index contributed by atoms with van der Waals surface area (Å²) in [6, 6.07) is -0.628. The predicted molar refractivity (Wildman–Crippen MR) is 90.2 cm³/mol. The Kier molecular flexibility index (Phi) is 8.22. The van der Waals surface area contributed by atoms with E-state index in [2.05, 4.69) is 5.32 Å². The molecular formula is C18H31NO5. The Labute approximate surface area is 144 Å². The highest BCUT2D eigenvalue weighted by molar-refractivity contribution is 5.88. The van der Waals surface area contributed by atoms with Crippen LogP contribution in [0.5, 0.6) is 0 Å². The van der Waals surface area contributed by atoms with Crippen LogP contribution < -0.4 is 5.32 Å². The Morgan fingerprint density at radius 3 is 2.33 bits per heavy atom. The third kappa shape index (κ3) is 7.79. The van der Waals surface area contributed by atoms with Gasteiger partial charge in [0, 0.05) is 5.92 Å². The predicted octanol–water partition coefficient (Wildman–Crippen LogP) is 2.74. The molecule has 0 radical (unpaired) electrons. The maximum Gasteiger partial charge on any atom is 0.328 e. The molecule has 1 aliphatic rings. The number of nitrogens with one attached hydrogen (secondary N) is 1. The second-order valence-electron chi connectivity index (χ2n) is 7.29. The number of ether oxygens (including phenoxy) is 2. The molecule has 1 aliphatic heterocycles. The van der Waals surface area contributed by atoms with Gasteiger partial charge >= 0.3 is 11.9 Å². The first-order chi connectivity index (χ1) is 11.2. The Bertz CT molecular complexity index is 441. The summed E-state index contributed by atoms with van der Waals surface area (Å²) in [5.74, 6) is -1.51. The van der Waals surface area contributed by atoms with E-state index in [-0.39, 0.29) is 24.9 Å². The van der Waals surface area contributed by atoms with Crippen molar-refractivity contribution in [3.05, 3.63) is 0 Å². The van der Waals surface area contributed by atoms with E-state index >= 15 is 0 Å². The van der Waals surface area contributed by atoms with Gasteiger partial charge in [-0.05, 0) is 40.5 Å². The van der Waals surface area contributed by atoms with Gasteiger partial charge in [0.05, 0.1) is 13.0 Å². The fraction of sp³-hybridized carbons (Fsp3) is 0.833. The van der Waals surface area contributed by atoms with Gasteiger partial charge < -0.3 is 14.8 Å². The minimum Gasteiger partial charge on any atom is -0.464 e. The molecule has 1 fully saturated rings. The number of carbonyl (C=O) groups excluding carboxylic acids is 3. The summed E-state index contributed by atoms with van der Waals surface area (Å²) < 4.78 is 10.4. The molecule has 0 aliphatic carbocycles. The molecule has 1 heterocycles. The fourth-order valence-corrected chi connectivity index (χ4v) is 2.78. The Balaban J connectivity index is 2.73. The molecule has 1 saturated heterocycles. The Morgan fingerprint density at radius 2 is 1.75 bits per heavy atom. The summed E-state index contributed by atoms with van der Waals surface area (Å²) in [5, 5.41) is 2.77. The zero-order valence-electron chi connectivity index (χ0n) is 15.4. The SMILES string of the molecule is CCOC(=O)C1CCCCCCC(CC(=O)OC(C)(C)C)C(=O)N1. The molecule has 2 unspecified atom stereocenters. The topological polar surface area (TPSA) is 81.7 Å². The molecule has 0 aromatic rings. The number of amides is 1. The fourth-order valence-electron chi connectivity index (χ4n) is 2.78. The minimum absolute atomic E-state index is 0.0403. The van der Waals surface area contributed by atoms with Crippen LogP contribution in [0.2, 0.25) is 0 Å². The second kappa shape index (κ2) is 9.64. The first-order valence-corrected chi connectivity index (χ1v) is 8.91. The van der Waals surface area contributed by atoms with Crippen molar-refractivity contribution in [2.45, 2.75) is 84.3 Å². The van der Waals surface area contributed by atoms with Crippen molar-refractivity contribution >= 4 is 17.8 Å². The van der Waals surface area contributed by atoms with Crippen molar-refractivity contribution in [2.75, 3.05) is 6.61 Å². The molecule has 1 amide bonds. The van der Waals surface area contributed by atoms with Crippen LogP contribution in [0.15, 0.2) is 0 Å². The number of hydrogen-bond donors (Lipinski definition) is 1. The lowest BCUT2D eigenvalue weighted by molar-refractivity contribution is -0.157. The van der Waals surface area contributed by atoms with Crippen molar-refractivity contribution < 1.29 is 23.9 Å². The lowest BCUT2D eigenvalue weighted by atomic mass is 9.93. The van der Waals surface area contributed by atoms with Crippen LogP contribution >= 0.6 is 0 Å². The maximum atomic E-state index is 12.5. The summed E-state index contributed by atoms with van der Waals surface area (Å²) in [5.41, 5.74) is -0.572. The molecule has 2 atom stereocenters. The molecule has 1 N–H and O–H groups in total. The standard InChI is InChI=1S/C18H31NO5/c1-5-23-17(22)14-11-9-7-6-8-10-13(16(21)19-14)12-15(20)24-18(2,3)4/h13-14H,5-12H2,1-4H3,(H,19,21). The van der Waals surface area contributed by atoms with E-state index in [1.165, 1.54) is 0 Å². The molecule has 24 heavy (non-hydrogen) atoms. The summed E-state index contributed by atoms with van der Waals surface area (Å²) in [7, 11) is 0. The van der Waals surface area contributed by atoms with E-state index in [4.69, 9.17) is 9.47 Å². The van der Waals surface area contributed by atoms with E-state index in [1.54, 1.807) is 27.7 Å². The Morgan fingerprint density at radius 1 is 1.12 bits per heavy atom. The van der Waals surface area contributed by atoms with Crippen LogP contribution in [0.25, 0.3) is 0 Å². The molecule has 0 aromatic heterocycles. The number of rotatable bonds is 4. The lowest BCUT2D eigenvalue weighted by Gasteiger charge is -2.24. The normalized spacial score (nSPS) is 23.1. The smallest absolute Gasteiger partial charge is 0.328 e. The van der Waals surface area contributed by atoms with Crippen molar-refractivity contribution in [2.24, 2.45) is 5.92 Å². The van der Waals surface area contributed by atoms with Gasteiger partial charge in [0.1, 0.15) is 11.6 Å². The molecule has 0 spiro atoms. The zero-order chi connectivity index (χ0) is 18.2. The third-order valence-corrected chi connectivity index (χ3v) is 3.89. The van der Waals surface area contributed by atoms with E-state index in [1.807, 2.05) is 0 Å². The van der Waals surface area contributed by atoms with Gasteiger partial charge in [-0.3, -0.25) is 9.59 Å². The third-order valence-electron chi connectivity index (χ3n) is 3.89. The average molecular weight is 341 g/mol. The van der Waals surface area contributed by atoms with Gasteiger partial charge in [-0.2, -0.15) is 0 Å². The molecule has 1 rings (SSSR count). The minimum atomic E-state index is -0.628. The van der Waals surface area contributed by atoms with Crippen molar-refractivity contribution in [3.8, 4) is 0 Å². The summed E-state index contributed by atoms with van der Waals surface area (Å²) in [6.45, 7) is 7.43. The number of hydrogen-bond acceptors (Lipinski definition) is 5. The van der Waals surface area contributed by atoms with Crippen molar-refractivity contribution in [3.63, 3.8) is 0 Å². The average Bonchev–Trinajstić information content (AvgIpc) is 2.46. The summed E-state index contributed by atoms with van der Waals surface area (Å²) >= 11 is 0. The van der Waals surface area contributed by atoms with Gasteiger partial charge in [-0.15, -0.1) is 0 Å². The summed E-state index contributed by atoms with van der Waals surface area (Å²) in [4.78, 5) is 36.6. The highest BCUT2D eigenvalue weighted by Crippen LogP contribution is 2.20. The number of esters is 2. The van der Waals surface area contributed by atoms with Crippen LogP contribution in [-0.2, 0) is 23.9 Å². The molecule has 0 bridgehead atoms. The highest BCUT2D eigenvalue weighted by Gasteiger charge is 2.29. The molecule has 0 aromatic carbocycles. The van der Waals surface area contributed by atoms with Crippen molar-refractivity contribution in [1.29, 1.82) is 0 Å². The zero-order valence-corrected chi connectivity index (χ0v) is 15.4. The monoisotopic (exact) mass is 341 g/mol. The molecule has 6 nitrogen and oxygen atoms in total. The lowest BCUT2D eigenvalue weighted by Crippen LogP contribution is -2.45. The molecule has 6 heteroatoms. The summed E-state index contributed by atoms with van der Waals surface area (Å²) in [6.07, 6.45) is 5.01. The largest absolute Gasteiger partial charge is 0.464 e. The molecule has 138 valence electrons. The van der Waals surface area contributed by atoms with Gasteiger partial charge in [-0.1, -0.05) is 25.7 Å². The van der Waals surface area contributed by atoms with E-state index < -0.39 is 23.5 Å². The van der Waals surface area contributed by atoms with Gasteiger partial charge in [0.15, 0.2) is 0 Å². The molecular weight excluding hydrogens is 310 g/mol. The van der Waals surface area contributed by atoms with Crippen LogP contribution in [0, 0.1) is 5.92 Å². The van der Waals surface area contributed by atoms with Gasteiger partial charge in [0.2, 0.25) is 5.91 Å². The maximum absolute atomic E-state index is 12.5. The first-order valence-electron chi connectivity index (χ1n) is 8.91. The van der Waals surface area contributed by atoms with E-state index in [0.29, 0.717) is 12.8 Å². The highest BCUT2D eigenvalue weighted by atomic mass is 16.6. The van der Waals surface area contributed by atoms with E-state index in [9.17, 15) is 14.4 Å². The van der Waals surface area contributed by atoms with Gasteiger partial charge in [-0.25, -0.2) is 4.79 Å². The quantitative estimate of drug-likeness (QED) is 0.795. The van der Waals surface area contributed by atoms with Crippen molar-refractivity contribution in [1.82, 2.24) is 5.32 Å². The molecule has 0 saturated carbocycles. The number of carbonyl (C=O) groups is 3. The Hall–Kier alpha value is -1.59. The van der Waals surface area contributed by atoms with Crippen LogP contribution in [-0.4, -0.2) is 36.1 Å². The first kappa shape index (κ1) is 20.5. The van der Waals surface area contributed by atoms with Gasteiger partial charge in [0.25, 0.3) is 0 Å². The van der Waals surface area contributed by atoms with E-state index in [0.717, 1.165) is 25.7 Å².